The van der Waals surface area contributed by atoms with Crippen LogP contribution in [0, 0.1) is 0 Å². The van der Waals surface area contributed by atoms with Gasteiger partial charge in [-0.2, -0.15) is 0 Å². The Morgan fingerprint density at radius 2 is 2.25 bits per heavy atom. The number of nitrogens with zero attached hydrogens (tertiary/aromatic N) is 1. The number of aromatic nitrogens is 2. The van der Waals surface area contributed by atoms with Gasteiger partial charge in [-0.1, -0.05) is 6.07 Å². The average molecular weight is 216 g/mol. The molecule has 2 aromatic heterocycles. The van der Waals surface area contributed by atoms with E-state index in [1.165, 1.54) is 0 Å². The summed E-state index contributed by atoms with van der Waals surface area (Å²) in [7, 11) is 0. The van der Waals surface area contributed by atoms with Gasteiger partial charge < -0.3 is 10.1 Å². The number of aromatic amines is 1. The van der Waals surface area contributed by atoms with E-state index in [9.17, 15) is 9.90 Å². The SMILES string of the molecule is O=C(c1ccc[nH]1)C(CO)c1ccccn1. The molecule has 0 saturated carbocycles. The first kappa shape index (κ1) is 10.6. The van der Waals surface area contributed by atoms with Gasteiger partial charge in [0.25, 0.3) is 0 Å². The fourth-order valence-corrected chi connectivity index (χ4v) is 1.56. The monoisotopic (exact) mass is 216 g/mol. The van der Waals surface area contributed by atoms with Crippen molar-refractivity contribution in [3.8, 4) is 0 Å². The zero-order chi connectivity index (χ0) is 11.4. The maximum absolute atomic E-state index is 12.0. The molecule has 1 atom stereocenters. The van der Waals surface area contributed by atoms with Crippen LogP contribution in [-0.4, -0.2) is 27.5 Å². The van der Waals surface area contributed by atoms with Crippen molar-refractivity contribution >= 4 is 5.78 Å². The normalized spacial score (nSPS) is 12.3. The lowest BCUT2D eigenvalue weighted by Gasteiger charge is -2.10. The number of aliphatic hydroxyl groups excluding tert-OH is 1. The number of rotatable bonds is 4. The van der Waals surface area contributed by atoms with Gasteiger partial charge in [0.1, 0.15) is 0 Å². The molecule has 0 radical (unpaired) electrons. The molecule has 2 rings (SSSR count). The van der Waals surface area contributed by atoms with Gasteiger partial charge in [-0.3, -0.25) is 9.78 Å². The van der Waals surface area contributed by atoms with Crippen LogP contribution in [0.25, 0.3) is 0 Å². The lowest BCUT2D eigenvalue weighted by atomic mass is 9.98. The average Bonchev–Trinajstić information content (AvgIpc) is 2.85. The van der Waals surface area contributed by atoms with Crippen LogP contribution in [0.1, 0.15) is 22.1 Å². The van der Waals surface area contributed by atoms with Crippen molar-refractivity contribution in [3.63, 3.8) is 0 Å². The third-order valence-electron chi connectivity index (χ3n) is 2.41. The van der Waals surface area contributed by atoms with E-state index in [2.05, 4.69) is 9.97 Å². The molecule has 0 aromatic carbocycles. The minimum absolute atomic E-state index is 0.147. The van der Waals surface area contributed by atoms with Crippen LogP contribution in [0.4, 0.5) is 0 Å². The number of carbonyl (C=O) groups excluding carboxylic acids is 1. The Balaban J connectivity index is 2.27. The Kier molecular flexibility index (Phi) is 3.12. The molecule has 2 aromatic rings. The van der Waals surface area contributed by atoms with Crippen molar-refractivity contribution in [1.82, 2.24) is 9.97 Å². The largest absolute Gasteiger partial charge is 0.395 e. The zero-order valence-corrected chi connectivity index (χ0v) is 8.63. The van der Waals surface area contributed by atoms with Gasteiger partial charge in [0.2, 0.25) is 0 Å². The topological polar surface area (TPSA) is 66.0 Å². The van der Waals surface area contributed by atoms with E-state index in [0.717, 1.165) is 0 Å². The highest BCUT2D eigenvalue weighted by molar-refractivity contribution is 5.99. The van der Waals surface area contributed by atoms with E-state index in [4.69, 9.17) is 0 Å². The van der Waals surface area contributed by atoms with E-state index >= 15 is 0 Å². The van der Waals surface area contributed by atoms with Gasteiger partial charge in [0.05, 0.1) is 23.9 Å². The van der Waals surface area contributed by atoms with E-state index < -0.39 is 5.92 Å². The van der Waals surface area contributed by atoms with Gasteiger partial charge in [-0.15, -0.1) is 0 Å². The highest BCUT2D eigenvalue weighted by Gasteiger charge is 2.22. The van der Waals surface area contributed by atoms with Crippen molar-refractivity contribution < 1.29 is 9.90 Å². The Morgan fingerprint density at radius 3 is 2.81 bits per heavy atom. The summed E-state index contributed by atoms with van der Waals surface area (Å²) in [5.41, 5.74) is 1.08. The molecular formula is C12H12N2O2. The molecule has 0 bridgehead atoms. The van der Waals surface area contributed by atoms with Crippen LogP contribution < -0.4 is 0 Å². The minimum Gasteiger partial charge on any atom is -0.395 e. The number of pyridine rings is 1. The Labute approximate surface area is 93.0 Å². The standard InChI is InChI=1S/C12H12N2O2/c15-8-9(10-4-1-2-6-13-10)12(16)11-5-3-7-14-11/h1-7,9,14-15H,8H2. The second-order valence-corrected chi connectivity index (χ2v) is 3.44. The molecule has 4 nitrogen and oxygen atoms in total. The van der Waals surface area contributed by atoms with Gasteiger partial charge in [0, 0.05) is 12.4 Å². The summed E-state index contributed by atoms with van der Waals surface area (Å²) < 4.78 is 0. The van der Waals surface area contributed by atoms with Gasteiger partial charge >= 0.3 is 0 Å². The molecule has 2 N–H and O–H groups in total. The fourth-order valence-electron chi connectivity index (χ4n) is 1.56. The van der Waals surface area contributed by atoms with E-state index in [1.807, 2.05) is 0 Å². The first-order valence-electron chi connectivity index (χ1n) is 5.02. The molecule has 0 aliphatic heterocycles. The molecule has 0 amide bonds. The Hall–Kier alpha value is -1.94. The molecule has 1 unspecified atom stereocenters. The summed E-state index contributed by atoms with van der Waals surface area (Å²) in [5.74, 6) is -0.744. The van der Waals surface area contributed by atoms with Crippen molar-refractivity contribution in [2.45, 2.75) is 5.92 Å². The molecule has 0 aliphatic rings. The van der Waals surface area contributed by atoms with Crippen molar-refractivity contribution in [3.05, 3.63) is 54.1 Å². The number of hydrogen-bond acceptors (Lipinski definition) is 3. The molecule has 0 saturated heterocycles. The van der Waals surface area contributed by atoms with Crippen molar-refractivity contribution in [1.29, 1.82) is 0 Å². The molecule has 2 heterocycles. The zero-order valence-electron chi connectivity index (χ0n) is 8.63. The highest BCUT2D eigenvalue weighted by atomic mass is 16.3. The molecule has 16 heavy (non-hydrogen) atoms. The number of hydrogen-bond donors (Lipinski definition) is 2. The quantitative estimate of drug-likeness (QED) is 0.758. The molecular weight excluding hydrogens is 204 g/mol. The third kappa shape index (κ3) is 2.01. The number of aliphatic hydroxyl groups is 1. The lowest BCUT2D eigenvalue weighted by Crippen LogP contribution is -2.18. The summed E-state index contributed by atoms with van der Waals surface area (Å²) in [5, 5.41) is 9.27. The predicted molar refractivity (Wildman–Crippen MR) is 59.2 cm³/mol. The number of nitrogens with one attached hydrogen (secondary N) is 1. The van der Waals surface area contributed by atoms with Crippen LogP contribution in [0.3, 0.4) is 0 Å². The van der Waals surface area contributed by atoms with E-state index in [1.54, 1.807) is 42.7 Å². The molecule has 0 aliphatic carbocycles. The van der Waals surface area contributed by atoms with Gasteiger partial charge in [-0.05, 0) is 24.3 Å². The maximum Gasteiger partial charge on any atom is 0.190 e. The summed E-state index contributed by atoms with van der Waals surface area (Å²) in [6, 6.07) is 8.75. The predicted octanol–water partition coefficient (Wildman–Crippen LogP) is 1.37. The number of ketones is 1. The van der Waals surface area contributed by atoms with Gasteiger partial charge in [-0.25, -0.2) is 0 Å². The number of H-pyrrole nitrogens is 1. The maximum atomic E-state index is 12.0. The summed E-state index contributed by atoms with van der Waals surface area (Å²) in [4.78, 5) is 18.9. The lowest BCUT2D eigenvalue weighted by molar-refractivity contribution is 0.0915. The summed E-state index contributed by atoms with van der Waals surface area (Å²) in [6.07, 6.45) is 3.29. The fraction of sp³-hybridized carbons (Fsp3) is 0.167. The molecule has 82 valence electrons. The summed E-state index contributed by atoms with van der Waals surface area (Å²) in [6.45, 7) is -0.241. The summed E-state index contributed by atoms with van der Waals surface area (Å²) >= 11 is 0. The highest BCUT2D eigenvalue weighted by Crippen LogP contribution is 2.17. The van der Waals surface area contributed by atoms with Crippen LogP contribution in [0.15, 0.2) is 42.7 Å². The molecule has 0 fully saturated rings. The second-order valence-electron chi connectivity index (χ2n) is 3.44. The second kappa shape index (κ2) is 4.72. The van der Waals surface area contributed by atoms with Crippen LogP contribution in [0.2, 0.25) is 0 Å². The van der Waals surface area contributed by atoms with Gasteiger partial charge in [0.15, 0.2) is 5.78 Å². The van der Waals surface area contributed by atoms with Crippen LogP contribution in [-0.2, 0) is 0 Å². The van der Waals surface area contributed by atoms with E-state index in [0.29, 0.717) is 11.4 Å². The van der Waals surface area contributed by atoms with Crippen molar-refractivity contribution in [2.75, 3.05) is 6.61 Å². The third-order valence-corrected chi connectivity index (χ3v) is 2.41. The van der Waals surface area contributed by atoms with E-state index in [-0.39, 0.29) is 12.4 Å². The Morgan fingerprint density at radius 1 is 1.38 bits per heavy atom. The van der Waals surface area contributed by atoms with Crippen LogP contribution in [0.5, 0.6) is 0 Å². The first-order valence-corrected chi connectivity index (χ1v) is 5.02. The number of carbonyl (C=O) groups is 1. The van der Waals surface area contributed by atoms with Crippen LogP contribution >= 0.6 is 0 Å². The smallest absolute Gasteiger partial charge is 0.190 e. The first-order chi connectivity index (χ1) is 7.83. The molecule has 0 spiro atoms. The molecule has 4 heteroatoms. The Bertz CT molecular complexity index is 451. The minimum atomic E-state index is -0.597. The number of Topliss-reactive ketones (excluding diaryl/α,β-unsaturated/α-hetero) is 1. The van der Waals surface area contributed by atoms with Crippen molar-refractivity contribution in [2.24, 2.45) is 0 Å².